The Morgan fingerprint density at radius 3 is 2.71 bits per heavy atom. The highest BCUT2D eigenvalue weighted by Crippen LogP contribution is 2.19. The number of hydrogen-bond acceptors (Lipinski definition) is 2. The van der Waals surface area contributed by atoms with Crippen LogP contribution in [-0.4, -0.2) is 23.0 Å². The van der Waals surface area contributed by atoms with Gasteiger partial charge >= 0.3 is 0 Å². The number of nitrogens with zero attached hydrogens (tertiary/aromatic N) is 1. The fourth-order valence-electron chi connectivity index (χ4n) is 1.21. The molecule has 0 aliphatic rings. The Labute approximate surface area is 84.0 Å². The van der Waals surface area contributed by atoms with Crippen molar-refractivity contribution >= 4 is 5.91 Å². The second-order valence-corrected chi connectivity index (χ2v) is 3.51. The first kappa shape index (κ1) is 10.6. The van der Waals surface area contributed by atoms with Crippen molar-refractivity contribution in [2.45, 2.75) is 20.4 Å². The molecule has 1 N–H and O–H groups in total. The molecule has 0 atom stereocenters. The van der Waals surface area contributed by atoms with E-state index in [9.17, 15) is 9.90 Å². The molecular weight excluding hydrogens is 178 g/mol. The highest BCUT2D eigenvalue weighted by Gasteiger charge is 2.06. The molecule has 0 aliphatic heterocycles. The molecule has 0 aromatic heterocycles. The van der Waals surface area contributed by atoms with Crippen LogP contribution in [0.1, 0.15) is 18.1 Å². The monoisotopic (exact) mass is 193 g/mol. The van der Waals surface area contributed by atoms with Gasteiger partial charge in [0.15, 0.2) is 0 Å². The van der Waals surface area contributed by atoms with E-state index in [2.05, 4.69) is 0 Å². The minimum atomic E-state index is -0.00842. The summed E-state index contributed by atoms with van der Waals surface area (Å²) in [4.78, 5) is 12.6. The predicted molar refractivity (Wildman–Crippen MR) is 55.0 cm³/mol. The number of carbonyl (C=O) groups excluding carboxylic acids is 1. The largest absolute Gasteiger partial charge is 0.508 e. The quantitative estimate of drug-likeness (QED) is 0.776. The number of benzene rings is 1. The van der Waals surface area contributed by atoms with Crippen LogP contribution in [0.3, 0.4) is 0 Å². The van der Waals surface area contributed by atoms with Gasteiger partial charge in [-0.2, -0.15) is 0 Å². The highest BCUT2D eigenvalue weighted by atomic mass is 16.3. The molecule has 0 fully saturated rings. The van der Waals surface area contributed by atoms with Gasteiger partial charge in [-0.1, -0.05) is 17.7 Å². The van der Waals surface area contributed by atoms with E-state index in [1.165, 1.54) is 6.92 Å². The smallest absolute Gasteiger partial charge is 0.219 e. The van der Waals surface area contributed by atoms with Gasteiger partial charge in [-0.05, 0) is 13.0 Å². The molecule has 1 amide bonds. The molecule has 1 rings (SSSR count). The minimum Gasteiger partial charge on any atom is -0.508 e. The molecule has 0 saturated carbocycles. The Balaban J connectivity index is 2.85. The molecule has 1 aromatic carbocycles. The van der Waals surface area contributed by atoms with Crippen molar-refractivity contribution in [2.75, 3.05) is 7.05 Å². The first-order valence-electron chi connectivity index (χ1n) is 4.51. The van der Waals surface area contributed by atoms with Gasteiger partial charge in [0.1, 0.15) is 5.75 Å². The van der Waals surface area contributed by atoms with E-state index < -0.39 is 0 Å². The lowest BCUT2D eigenvalue weighted by Crippen LogP contribution is -2.23. The van der Waals surface area contributed by atoms with Crippen LogP contribution in [0, 0.1) is 6.92 Å². The molecular formula is C11H15NO2. The van der Waals surface area contributed by atoms with E-state index in [-0.39, 0.29) is 11.7 Å². The van der Waals surface area contributed by atoms with Crippen molar-refractivity contribution in [3.63, 3.8) is 0 Å². The first-order chi connectivity index (χ1) is 6.50. The van der Waals surface area contributed by atoms with Gasteiger partial charge in [0.25, 0.3) is 0 Å². The molecule has 0 heterocycles. The zero-order chi connectivity index (χ0) is 10.7. The van der Waals surface area contributed by atoms with Gasteiger partial charge < -0.3 is 10.0 Å². The van der Waals surface area contributed by atoms with Crippen LogP contribution in [0.5, 0.6) is 5.75 Å². The Kier molecular flexibility index (Phi) is 3.12. The summed E-state index contributed by atoms with van der Waals surface area (Å²) in [6, 6.07) is 5.38. The molecule has 0 bridgehead atoms. The molecule has 0 aliphatic carbocycles. The second kappa shape index (κ2) is 4.13. The standard InChI is InChI=1S/C11H15NO2/c1-8-4-5-11(14)10(6-8)7-12(3)9(2)13/h4-6,14H,7H2,1-3H3. The van der Waals surface area contributed by atoms with Gasteiger partial charge in [-0.25, -0.2) is 0 Å². The van der Waals surface area contributed by atoms with E-state index in [4.69, 9.17) is 0 Å². The van der Waals surface area contributed by atoms with Crippen molar-refractivity contribution in [2.24, 2.45) is 0 Å². The van der Waals surface area contributed by atoms with Crippen molar-refractivity contribution < 1.29 is 9.90 Å². The molecule has 0 radical (unpaired) electrons. The third kappa shape index (κ3) is 2.49. The number of rotatable bonds is 2. The van der Waals surface area contributed by atoms with Gasteiger partial charge in [-0.3, -0.25) is 4.79 Å². The number of phenols is 1. The van der Waals surface area contributed by atoms with Crippen LogP contribution < -0.4 is 0 Å². The normalized spacial score (nSPS) is 9.93. The fraction of sp³-hybridized carbons (Fsp3) is 0.364. The number of phenolic OH excluding ortho intramolecular Hbond substituents is 1. The van der Waals surface area contributed by atoms with Crippen LogP contribution in [-0.2, 0) is 11.3 Å². The van der Waals surface area contributed by atoms with Crippen LogP contribution in [0.15, 0.2) is 18.2 Å². The number of hydrogen-bond donors (Lipinski definition) is 1. The Bertz CT molecular complexity index is 347. The average Bonchev–Trinajstić information content (AvgIpc) is 2.11. The molecule has 0 saturated heterocycles. The van der Waals surface area contributed by atoms with Crippen molar-refractivity contribution in [1.82, 2.24) is 4.90 Å². The summed E-state index contributed by atoms with van der Waals surface area (Å²) in [5, 5.41) is 9.53. The van der Waals surface area contributed by atoms with E-state index in [1.807, 2.05) is 19.1 Å². The van der Waals surface area contributed by atoms with Crippen molar-refractivity contribution in [1.29, 1.82) is 0 Å². The zero-order valence-electron chi connectivity index (χ0n) is 8.74. The van der Waals surface area contributed by atoms with Gasteiger partial charge in [0.2, 0.25) is 5.91 Å². The fourth-order valence-corrected chi connectivity index (χ4v) is 1.21. The predicted octanol–water partition coefficient (Wildman–Crippen LogP) is 1.68. The van der Waals surface area contributed by atoms with Gasteiger partial charge in [0.05, 0.1) is 0 Å². The molecule has 3 nitrogen and oxygen atoms in total. The van der Waals surface area contributed by atoms with E-state index in [0.717, 1.165) is 11.1 Å². The van der Waals surface area contributed by atoms with Crippen LogP contribution in [0.25, 0.3) is 0 Å². The third-order valence-electron chi connectivity index (χ3n) is 2.18. The van der Waals surface area contributed by atoms with Crippen LogP contribution in [0.4, 0.5) is 0 Å². The maximum Gasteiger partial charge on any atom is 0.219 e. The maximum atomic E-state index is 11.0. The number of carbonyl (C=O) groups is 1. The highest BCUT2D eigenvalue weighted by molar-refractivity contribution is 5.72. The first-order valence-corrected chi connectivity index (χ1v) is 4.51. The summed E-state index contributed by atoms with van der Waals surface area (Å²) >= 11 is 0. The molecule has 76 valence electrons. The SMILES string of the molecule is CC(=O)N(C)Cc1cc(C)ccc1O. The number of aromatic hydroxyl groups is 1. The lowest BCUT2D eigenvalue weighted by molar-refractivity contribution is -0.128. The van der Waals surface area contributed by atoms with Gasteiger partial charge in [0, 0.05) is 26.1 Å². The van der Waals surface area contributed by atoms with E-state index in [0.29, 0.717) is 6.54 Å². The topological polar surface area (TPSA) is 40.5 Å². The summed E-state index contributed by atoms with van der Waals surface area (Å²) in [5.74, 6) is 0.231. The molecule has 0 unspecified atom stereocenters. The lowest BCUT2D eigenvalue weighted by atomic mass is 10.1. The summed E-state index contributed by atoms with van der Waals surface area (Å²) in [5.41, 5.74) is 1.86. The average molecular weight is 193 g/mol. The molecule has 0 spiro atoms. The van der Waals surface area contributed by atoms with E-state index in [1.54, 1.807) is 18.0 Å². The number of aryl methyl sites for hydroxylation is 1. The lowest BCUT2D eigenvalue weighted by Gasteiger charge is -2.15. The van der Waals surface area contributed by atoms with Crippen molar-refractivity contribution in [3.8, 4) is 5.75 Å². The second-order valence-electron chi connectivity index (χ2n) is 3.51. The minimum absolute atomic E-state index is 0.00842. The summed E-state index contributed by atoms with van der Waals surface area (Å²) < 4.78 is 0. The Morgan fingerprint density at radius 1 is 1.50 bits per heavy atom. The molecule has 14 heavy (non-hydrogen) atoms. The van der Waals surface area contributed by atoms with Crippen molar-refractivity contribution in [3.05, 3.63) is 29.3 Å². The van der Waals surface area contributed by atoms with Crippen LogP contribution in [0.2, 0.25) is 0 Å². The Hall–Kier alpha value is -1.51. The third-order valence-corrected chi connectivity index (χ3v) is 2.18. The summed E-state index contributed by atoms with van der Waals surface area (Å²) in [6.45, 7) is 3.91. The Morgan fingerprint density at radius 2 is 2.14 bits per heavy atom. The van der Waals surface area contributed by atoms with E-state index >= 15 is 0 Å². The number of amides is 1. The summed E-state index contributed by atoms with van der Waals surface area (Å²) in [7, 11) is 1.71. The van der Waals surface area contributed by atoms with Crippen LogP contribution >= 0.6 is 0 Å². The molecule has 1 aromatic rings. The summed E-state index contributed by atoms with van der Waals surface area (Å²) in [6.07, 6.45) is 0. The zero-order valence-corrected chi connectivity index (χ0v) is 8.74. The van der Waals surface area contributed by atoms with Gasteiger partial charge in [-0.15, -0.1) is 0 Å². The maximum absolute atomic E-state index is 11.0. The molecule has 3 heteroatoms.